The Morgan fingerprint density at radius 2 is 2.21 bits per heavy atom. The molecule has 0 saturated carbocycles. The van der Waals surface area contributed by atoms with Crippen LogP contribution >= 0.6 is 0 Å². The lowest BCUT2D eigenvalue weighted by Gasteiger charge is -2.21. The number of nitrogens with two attached hydrogens (primary N) is 2. The van der Waals surface area contributed by atoms with Gasteiger partial charge in [0.1, 0.15) is 6.33 Å². The largest absolute Gasteiger partial charge is 0.378 e. The van der Waals surface area contributed by atoms with E-state index >= 15 is 0 Å². The quantitative estimate of drug-likeness (QED) is 0.525. The number of carbonyl (C=O) groups excluding carboxylic acids is 1. The van der Waals surface area contributed by atoms with Gasteiger partial charge in [0, 0.05) is 6.54 Å². The molecule has 0 aromatic carbocycles. The number of hydrogen-bond donors (Lipinski definition) is 2. The van der Waals surface area contributed by atoms with Gasteiger partial charge in [-0.1, -0.05) is 13.3 Å². The van der Waals surface area contributed by atoms with Gasteiger partial charge in [0.05, 0.1) is 11.5 Å². The lowest BCUT2D eigenvalue weighted by Crippen LogP contribution is -2.35. The minimum atomic E-state index is -0.662. The Hall–Kier alpha value is -2.45. The van der Waals surface area contributed by atoms with Crippen LogP contribution < -0.4 is 16.4 Å². The van der Waals surface area contributed by atoms with Crippen LogP contribution in [0.3, 0.4) is 0 Å². The second-order valence-corrected chi connectivity index (χ2v) is 3.93. The molecule has 0 aliphatic heterocycles. The van der Waals surface area contributed by atoms with Crippen LogP contribution in [0.5, 0.6) is 0 Å². The van der Waals surface area contributed by atoms with Crippen molar-refractivity contribution in [2.24, 2.45) is 5.73 Å². The molecule has 1 rings (SSSR count). The van der Waals surface area contributed by atoms with E-state index in [-0.39, 0.29) is 18.2 Å². The van der Waals surface area contributed by atoms with Gasteiger partial charge in [0.15, 0.2) is 0 Å². The maximum Gasteiger partial charge on any atom is 0.353 e. The molecule has 0 atom stereocenters. The zero-order chi connectivity index (χ0) is 14.4. The van der Waals surface area contributed by atoms with E-state index in [0.717, 1.165) is 19.2 Å². The van der Waals surface area contributed by atoms with Gasteiger partial charge in [-0.05, 0) is 6.42 Å². The number of aromatic nitrogens is 2. The number of carbonyl (C=O) groups is 1. The Labute approximate surface area is 109 Å². The molecule has 104 valence electrons. The highest BCUT2D eigenvalue weighted by molar-refractivity contribution is 5.81. The lowest BCUT2D eigenvalue weighted by atomic mass is 10.3. The first-order valence-electron chi connectivity index (χ1n) is 5.75. The summed E-state index contributed by atoms with van der Waals surface area (Å²) in [5, 5.41) is 11.0. The van der Waals surface area contributed by atoms with E-state index in [1.54, 1.807) is 0 Å². The molecular weight excluding hydrogens is 252 g/mol. The fraction of sp³-hybridized carbons (Fsp3) is 0.500. The van der Waals surface area contributed by atoms with Gasteiger partial charge in [0.25, 0.3) is 0 Å². The zero-order valence-corrected chi connectivity index (χ0v) is 10.6. The van der Waals surface area contributed by atoms with Gasteiger partial charge in [-0.3, -0.25) is 14.9 Å². The molecule has 0 fully saturated rings. The van der Waals surface area contributed by atoms with Crippen LogP contribution in [0.4, 0.5) is 17.3 Å². The molecule has 1 amide bonds. The minimum absolute atomic E-state index is 0.0183. The van der Waals surface area contributed by atoms with Gasteiger partial charge < -0.3 is 16.4 Å². The highest BCUT2D eigenvalue weighted by atomic mass is 16.6. The molecule has 0 spiro atoms. The van der Waals surface area contributed by atoms with Crippen molar-refractivity contribution in [2.45, 2.75) is 19.8 Å². The molecule has 1 heterocycles. The van der Waals surface area contributed by atoms with Gasteiger partial charge in [-0.15, -0.1) is 0 Å². The van der Waals surface area contributed by atoms with Gasteiger partial charge in [-0.2, -0.15) is 0 Å². The predicted molar refractivity (Wildman–Crippen MR) is 69.4 cm³/mol. The number of nitrogens with zero attached hydrogens (tertiary/aromatic N) is 4. The minimum Gasteiger partial charge on any atom is -0.378 e. The summed E-state index contributed by atoms with van der Waals surface area (Å²) in [4.78, 5) is 30.3. The Balaban J connectivity index is 3.16. The van der Waals surface area contributed by atoms with Crippen molar-refractivity contribution < 1.29 is 9.72 Å². The molecular formula is C10H16N6O3. The van der Waals surface area contributed by atoms with Crippen molar-refractivity contribution in [1.82, 2.24) is 9.97 Å². The van der Waals surface area contributed by atoms with E-state index in [2.05, 4.69) is 9.97 Å². The number of unbranched alkanes of at least 4 members (excludes halogenated alkanes) is 1. The molecule has 0 unspecified atom stereocenters. The number of nitro groups is 1. The molecule has 4 N–H and O–H groups in total. The molecule has 1 aromatic rings. The van der Waals surface area contributed by atoms with Crippen molar-refractivity contribution in [3.63, 3.8) is 0 Å². The Kier molecular flexibility index (Phi) is 4.98. The van der Waals surface area contributed by atoms with Gasteiger partial charge >= 0.3 is 5.69 Å². The first-order chi connectivity index (χ1) is 8.97. The summed E-state index contributed by atoms with van der Waals surface area (Å²) in [5.41, 5.74) is 10.2. The fourth-order valence-corrected chi connectivity index (χ4v) is 1.59. The fourth-order valence-electron chi connectivity index (χ4n) is 1.59. The van der Waals surface area contributed by atoms with E-state index in [4.69, 9.17) is 11.5 Å². The highest BCUT2D eigenvalue weighted by Crippen LogP contribution is 2.29. The van der Waals surface area contributed by atoms with E-state index < -0.39 is 16.5 Å². The molecule has 0 radical (unpaired) electrons. The van der Waals surface area contributed by atoms with Crippen molar-refractivity contribution in [2.75, 3.05) is 23.7 Å². The number of nitrogen functional groups attached to an aromatic ring is 1. The van der Waals surface area contributed by atoms with Crippen molar-refractivity contribution in [3.05, 3.63) is 16.4 Å². The third kappa shape index (κ3) is 3.76. The molecule has 1 aromatic heterocycles. The van der Waals surface area contributed by atoms with E-state index in [1.165, 1.54) is 4.90 Å². The molecule has 9 heteroatoms. The van der Waals surface area contributed by atoms with E-state index in [1.807, 2.05) is 6.92 Å². The summed E-state index contributed by atoms with van der Waals surface area (Å²) in [6, 6.07) is 0. The normalized spacial score (nSPS) is 10.2. The van der Waals surface area contributed by atoms with Crippen LogP contribution in [0.25, 0.3) is 0 Å². The Morgan fingerprint density at radius 1 is 1.53 bits per heavy atom. The van der Waals surface area contributed by atoms with Crippen LogP contribution in [-0.4, -0.2) is 33.9 Å². The first kappa shape index (κ1) is 14.6. The highest BCUT2D eigenvalue weighted by Gasteiger charge is 2.26. The van der Waals surface area contributed by atoms with Crippen molar-refractivity contribution in [3.8, 4) is 0 Å². The van der Waals surface area contributed by atoms with Crippen LogP contribution in [0, 0.1) is 10.1 Å². The molecule has 9 nitrogen and oxygen atoms in total. The van der Waals surface area contributed by atoms with Crippen molar-refractivity contribution in [1.29, 1.82) is 0 Å². The number of primary amides is 1. The predicted octanol–water partition coefficient (Wildman–Crippen LogP) is 0.0588. The second kappa shape index (κ2) is 6.47. The molecule has 0 aliphatic carbocycles. The smallest absolute Gasteiger partial charge is 0.353 e. The number of rotatable bonds is 7. The summed E-state index contributed by atoms with van der Waals surface area (Å²) in [5.74, 6) is -0.812. The summed E-state index contributed by atoms with van der Waals surface area (Å²) in [7, 11) is 0. The Bertz CT molecular complexity index is 478. The SMILES string of the molecule is CCCCN(CC(N)=O)c1ncnc(N)c1[N+](=O)[O-]. The summed E-state index contributed by atoms with van der Waals surface area (Å²) < 4.78 is 0. The van der Waals surface area contributed by atoms with E-state index in [9.17, 15) is 14.9 Å². The Morgan fingerprint density at radius 3 is 2.74 bits per heavy atom. The summed E-state index contributed by atoms with van der Waals surface area (Å²) in [6.45, 7) is 2.24. The summed E-state index contributed by atoms with van der Waals surface area (Å²) >= 11 is 0. The van der Waals surface area contributed by atoms with E-state index in [0.29, 0.717) is 6.54 Å². The first-order valence-corrected chi connectivity index (χ1v) is 5.75. The topological polar surface area (TPSA) is 141 Å². The summed E-state index contributed by atoms with van der Waals surface area (Å²) in [6.07, 6.45) is 2.73. The number of anilines is 2. The molecule has 0 bridgehead atoms. The zero-order valence-electron chi connectivity index (χ0n) is 10.6. The van der Waals surface area contributed by atoms with Gasteiger partial charge in [0.2, 0.25) is 17.5 Å². The monoisotopic (exact) mass is 268 g/mol. The third-order valence-corrected chi connectivity index (χ3v) is 2.44. The molecule has 19 heavy (non-hydrogen) atoms. The average molecular weight is 268 g/mol. The van der Waals surface area contributed by atoms with Crippen LogP contribution in [0.1, 0.15) is 19.8 Å². The third-order valence-electron chi connectivity index (χ3n) is 2.44. The average Bonchev–Trinajstić information content (AvgIpc) is 2.33. The lowest BCUT2D eigenvalue weighted by molar-refractivity contribution is -0.383. The van der Waals surface area contributed by atoms with Gasteiger partial charge in [-0.25, -0.2) is 9.97 Å². The van der Waals surface area contributed by atoms with Crippen LogP contribution in [0.2, 0.25) is 0 Å². The van der Waals surface area contributed by atoms with Crippen molar-refractivity contribution >= 4 is 23.2 Å². The number of hydrogen-bond acceptors (Lipinski definition) is 7. The maximum atomic E-state index is 11.0. The second-order valence-electron chi connectivity index (χ2n) is 3.93. The maximum absolute atomic E-state index is 11.0. The van der Waals surface area contributed by atoms with Crippen LogP contribution in [-0.2, 0) is 4.79 Å². The standard InChI is InChI=1S/C10H16N6O3/c1-2-3-4-15(5-7(11)17)10-8(16(18)19)9(12)13-6-14-10/h6H,2-5H2,1H3,(H2,11,17)(H2,12,13,14). The number of amides is 1. The van der Waals surface area contributed by atoms with Crippen LogP contribution in [0.15, 0.2) is 6.33 Å². The molecule has 0 aliphatic rings. The molecule has 0 saturated heterocycles.